The number of rotatable bonds is 1. The molecule has 1 aromatic rings. The quantitative estimate of drug-likeness (QED) is 0.763. The van der Waals surface area contributed by atoms with E-state index in [-0.39, 0.29) is 5.82 Å². The van der Waals surface area contributed by atoms with Gasteiger partial charge in [-0.25, -0.2) is 4.39 Å². The number of hydrogen-bond donors (Lipinski definition) is 1. The van der Waals surface area contributed by atoms with E-state index in [2.05, 4.69) is 17.1 Å². The molecular formula is C12H17FN2. The molecule has 1 aliphatic rings. The van der Waals surface area contributed by atoms with E-state index in [9.17, 15) is 4.39 Å². The molecule has 0 amide bonds. The predicted molar refractivity (Wildman–Crippen MR) is 62.1 cm³/mol. The minimum Gasteiger partial charge on any atom is -0.383 e. The molecule has 0 saturated carbocycles. The lowest BCUT2D eigenvalue weighted by atomic mass is 10.1. The molecule has 2 rings (SSSR count). The summed E-state index contributed by atoms with van der Waals surface area (Å²) in [7, 11) is 0. The highest BCUT2D eigenvalue weighted by Gasteiger charge is 2.15. The molecule has 0 aromatic heterocycles. The average molecular weight is 208 g/mol. The van der Waals surface area contributed by atoms with Gasteiger partial charge < -0.3 is 10.2 Å². The Balaban J connectivity index is 2.46. The molecule has 1 aromatic carbocycles. The zero-order valence-electron chi connectivity index (χ0n) is 9.31. The second kappa shape index (κ2) is 4.09. The molecule has 3 heteroatoms. The van der Waals surface area contributed by atoms with Crippen LogP contribution in [0.1, 0.15) is 18.9 Å². The topological polar surface area (TPSA) is 15.3 Å². The molecule has 1 N–H and O–H groups in total. The minimum atomic E-state index is -0.126. The van der Waals surface area contributed by atoms with Crippen molar-refractivity contribution in [1.82, 2.24) is 0 Å². The number of fused-ring (bicyclic) bond motifs is 1. The zero-order chi connectivity index (χ0) is 10.8. The van der Waals surface area contributed by atoms with Gasteiger partial charge in [-0.3, -0.25) is 0 Å². The van der Waals surface area contributed by atoms with Gasteiger partial charge in [0.25, 0.3) is 0 Å². The van der Waals surface area contributed by atoms with Gasteiger partial charge in [0.1, 0.15) is 5.82 Å². The van der Waals surface area contributed by atoms with Gasteiger partial charge in [0, 0.05) is 19.6 Å². The van der Waals surface area contributed by atoms with Gasteiger partial charge in [-0.2, -0.15) is 0 Å². The number of aryl methyl sites for hydroxylation is 1. The summed E-state index contributed by atoms with van der Waals surface area (Å²) in [5.74, 6) is -0.126. The highest BCUT2D eigenvalue weighted by atomic mass is 19.1. The van der Waals surface area contributed by atoms with Crippen LogP contribution in [0.25, 0.3) is 0 Å². The van der Waals surface area contributed by atoms with Gasteiger partial charge >= 0.3 is 0 Å². The molecule has 0 saturated heterocycles. The van der Waals surface area contributed by atoms with Crippen LogP contribution < -0.4 is 10.2 Å². The molecule has 0 aliphatic carbocycles. The minimum absolute atomic E-state index is 0.126. The first-order chi connectivity index (χ1) is 7.22. The van der Waals surface area contributed by atoms with Crippen LogP contribution in [0, 0.1) is 12.7 Å². The highest BCUT2D eigenvalue weighted by molar-refractivity contribution is 5.72. The first-order valence-electron chi connectivity index (χ1n) is 5.51. The lowest BCUT2D eigenvalue weighted by Crippen LogP contribution is -2.23. The van der Waals surface area contributed by atoms with Crippen molar-refractivity contribution in [3.8, 4) is 0 Å². The van der Waals surface area contributed by atoms with Crippen LogP contribution in [0.15, 0.2) is 12.1 Å². The lowest BCUT2D eigenvalue weighted by Gasteiger charge is -2.23. The van der Waals surface area contributed by atoms with E-state index in [1.807, 2.05) is 13.0 Å². The Morgan fingerprint density at radius 2 is 2.27 bits per heavy atom. The van der Waals surface area contributed by atoms with Crippen LogP contribution in [0.4, 0.5) is 15.8 Å². The Kier molecular flexibility index (Phi) is 2.80. The standard InChI is InChI=1S/C12H17FN2/c1-3-15-6-4-5-14-11-8-10(13)9(2)7-12(11)15/h7-8,14H,3-6H2,1-2H3. The first kappa shape index (κ1) is 10.3. The third kappa shape index (κ3) is 1.91. The van der Waals surface area contributed by atoms with E-state index >= 15 is 0 Å². The Morgan fingerprint density at radius 3 is 3.00 bits per heavy atom. The molecule has 0 atom stereocenters. The summed E-state index contributed by atoms with van der Waals surface area (Å²) in [4.78, 5) is 2.29. The van der Waals surface area contributed by atoms with Crippen molar-refractivity contribution in [1.29, 1.82) is 0 Å². The van der Waals surface area contributed by atoms with Crippen molar-refractivity contribution in [3.05, 3.63) is 23.5 Å². The van der Waals surface area contributed by atoms with Crippen LogP contribution >= 0.6 is 0 Å². The normalized spacial score (nSPS) is 15.5. The van der Waals surface area contributed by atoms with E-state index < -0.39 is 0 Å². The van der Waals surface area contributed by atoms with Crippen LogP contribution in [0.2, 0.25) is 0 Å². The maximum Gasteiger partial charge on any atom is 0.128 e. The van der Waals surface area contributed by atoms with Gasteiger partial charge in [0.05, 0.1) is 11.4 Å². The maximum atomic E-state index is 13.4. The van der Waals surface area contributed by atoms with E-state index in [4.69, 9.17) is 0 Å². The summed E-state index contributed by atoms with van der Waals surface area (Å²) in [5.41, 5.74) is 2.78. The molecular weight excluding hydrogens is 191 g/mol. The van der Waals surface area contributed by atoms with Crippen LogP contribution in [-0.4, -0.2) is 19.6 Å². The van der Waals surface area contributed by atoms with Crippen molar-refractivity contribution >= 4 is 11.4 Å². The van der Waals surface area contributed by atoms with Gasteiger partial charge in [-0.05, 0) is 38.0 Å². The predicted octanol–water partition coefficient (Wildman–Crippen LogP) is 2.78. The smallest absolute Gasteiger partial charge is 0.128 e. The second-order valence-electron chi connectivity index (χ2n) is 3.98. The largest absolute Gasteiger partial charge is 0.383 e. The molecule has 2 nitrogen and oxygen atoms in total. The van der Waals surface area contributed by atoms with Crippen LogP contribution in [0.3, 0.4) is 0 Å². The van der Waals surface area contributed by atoms with Crippen LogP contribution in [-0.2, 0) is 0 Å². The van der Waals surface area contributed by atoms with Gasteiger partial charge in [-0.1, -0.05) is 0 Å². The second-order valence-corrected chi connectivity index (χ2v) is 3.98. The molecule has 15 heavy (non-hydrogen) atoms. The zero-order valence-corrected chi connectivity index (χ0v) is 9.31. The molecule has 1 aliphatic heterocycles. The van der Waals surface area contributed by atoms with Crippen molar-refractivity contribution in [2.45, 2.75) is 20.3 Å². The molecule has 0 spiro atoms. The fourth-order valence-electron chi connectivity index (χ4n) is 2.01. The van der Waals surface area contributed by atoms with Crippen molar-refractivity contribution < 1.29 is 4.39 Å². The summed E-state index contributed by atoms with van der Waals surface area (Å²) in [6.07, 6.45) is 1.10. The first-order valence-corrected chi connectivity index (χ1v) is 5.51. The lowest BCUT2D eigenvalue weighted by molar-refractivity contribution is 0.619. The molecule has 1 heterocycles. The van der Waals surface area contributed by atoms with E-state index in [0.29, 0.717) is 0 Å². The molecule has 0 bridgehead atoms. The van der Waals surface area contributed by atoms with E-state index in [0.717, 1.165) is 43.0 Å². The number of anilines is 2. The monoisotopic (exact) mass is 208 g/mol. The maximum absolute atomic E-state index is 13.4. The number of nitrogens with one attached hydrogen (secondary N) is 1. The fraction of sp³-hybridized carbons (Fsp3) is 0.500. The van der Waals surface area contributed by atoms with Crippen molar-refractivity contribution in [2.24, 2.45) is 0 Å². The number of nitrogens with zero attached hydrogens (tertiary/aromatic N) is 1. The molecule has 0 unspecified atom stereocenters. The Morgan fingerprint density at radius 1 is 1.47 bits per heavy atom. The number of benzene rings is 1. The SMILES string of the molecule is CCN1CCCNc2cc(F)c(C)cc21. The molecule has 82 valence electrons. The Hall–Kier alpha value is -1.25. The van der Waals surface area contributed by atoms with E-state index in [1.54, 1.807) is 6.07 Å². The number of hydrogen-bond acceptors (Lipinski definition) is 2. The highest BCUT2D eigenvalue weighted by Crippen LogP contribution is 2.30. The third-order valence-electron chi connectivity index (χ3n) is 2.92. The Labute approximate surface area is 90.1 Å². The summed E-state index contributed by atoms with van der Waals surface area (Å²) in [5, 5.41) is 3.28. The van der Waals surface area contributed by atoms with Gasteiger partial charge in [-0.15, -0.1) is 0 Å². The van der Waals surface area contributed by atoms with Crippen LogP contribution in [0.5, 0.6) is 0 Å². The summed E-state index contributed by atoms with van der Waals surface area (Å²) in [6.45, 7) is 6.88. The Bertz CT molecular complexity index is 363. The summed E-state index contributed by atoms with van der Waals surface area (Å²) >= 11 is 0. The summed E-state index contributed by atoms with van der Waals surface area (Å²) in [6, 6.07) is 3.55. The fourth-order valence-corrected chi connectivity index (χ4v) is 2.01. The van der Waals surface area contributed by atoms with Gasteiger partial charge in [0.15, 0.2) is 0 Å². The van der Waals surface area contributed by atoms with E-state index in [1.165, 1.54) is 0 Å². The third-order valence-corrected chi connectivity index (χ3v) is 2.92. The molecule has 0 radical (unpaired) electrons. The average Bonchev–Trinajstić information content (AvgIpc) is 2.41. The summed E-state index contributed by atoms with van der Waals surface area (Å²) < 4.78 is 13.4. The van der Waals surface area contributed by atoms with Crippen molar-refractivity contribution in [3.63, 3.8) is 0 Å². The number of halogens is 1. The van der Waals surface area contributed by atoms with Crippen molar-refractivity contribution in [2.75, 3.05) is 29.9 Å². The van der Waals surface area contributed by atoms with Gasteiger partial charge in [0.2, 0.25) is 0 Å². The molecule has 0 fully saturated rings.